The van der Waals surface area contributed by atoms with Gasteiger partial charge >= 0.3 is 5.97 Å². The lowest BCUT2D eigenvalue weighted by Gasteiger charge is -2.31. The van der Waals surface area contributed by atoms with Crippen LogP contribution in [0.2, 0.25) is 0 Å². The summed E-state index contributed by atoms with van der Waals surface area (Å²) in [7, 11) is 1.40. The molecule has 1 heterocycles. The number of esters is 1. The lowest BCUT2D eigenvalue weighted by molar-refractivity contribution is -0.146. The van der Waals surface area contributed by atoms with E-state index in [1.165, 1.54) is 7.11 Å². The number of ether oxygens (including phenoxy) is 1. The van der Waals surface area contributed by atoms with Crippen molar-refractivity contribution in [2.45, 2.75) is 19.8 Å². The summed E-state index contributed by atoms with van der Waals surface area (Å²) in [6.07, 6.45) is 1.31. The number of anilines is 1. The van der Waals surface area contributed by atoms with Crippen LogP contribution in [0.5, 0.6) is 0 Å². The van der Waals surface area contributed by atoms with Crippen molar-refractivity contribution in [2.24, 2.45) is 5.92 Å². The van der Waals surface area contributed by atoms with Crippen molar-refractivity contribution in [3.05, 3.63) is 29.3 Å². The van der Waals surface area contributed by atoms with E-state index in [1.807, 2.05) is 6.92 Å². The van der Waals surface area contributed by atoms with Gasteiger partial charge in [-0.3, -0.25) is 9.59 Å². The van der Waals surface area contributed by atoms with Crippen molar-refractivity contribution in [3.8, 4) is 0 Å². The number of hydrogen-bond acceptors (Lipinski definition) is 4. The van der Waals surface area contributed by atoms with E-state index in [9.17, 15) is 9.59 Å². The van der Waals surface area contributed by atoms with Gasteiger partial charge in [-0.15, -0.1) is 0 Å². The summed E-state index contributed by atoms with van der Waals surface area (Å²) in [4.78, 5) is 25.7. The van der Waals surface area contributed by atoms with Gasteiger partial charge in [-0.2, -0.15) is 0 Å². The fourth-order valence-electron chi connectivity index (χ4n) is 2.54. The van der Waals surface area contributed by atoms with Crippen molar-refractivity contribution in [1.82, 2.24) is 4.90 Å². The van der Waals surface area contributed by atoms with Crippen LogP contribution in [0.1, 0.15) is 28.8 Å². The molecule has 20 heavy (non-hydrogen) atoms. The predicted molar refractivity (Wildman–Crippen MR) is 76.2 cm³/mol. The smallest absolute Gasteiger partial charge is 0.308 e. The zero-order valence-corrected chi connectivity index (χ0v) is 11.9. The van der Waals surface area contributed by atoms with E-state index in [0.29, 0.717) is 37.2 Å². The van der Waals surface area contributed by atoms with Gasteiger partial charge in [0.15, 0.2) is 0 Å². The Hall–Kier alpha value is -2.04. The average Bonchev–Trinajstić information content (AvgIpc) is 2.48. The summed E-state index contributed by atoms with van der Waals surface area (Å²) in [5, 5.41) is 0. The number of carbonyl (C=O) groups excluding carboxylic acids is 2. The molecule has 1 fully saturated rings. The Morgan fingerprint density at radius 3 is 2.55 bits per heavy atom. The Morgan fingerprint density at radius 1 is 1.30 bits per heavy atom. The summed E-state index contributed by atoms with van der Waals surface area (Å²) >= 11 is 0. The standard InChI is InChI=1S/C15H20N2O3/c1-10-12(4-3-5-13(10)16)14(18)17-8-6-11(7-9-17)15(19)20-2/h3-5,11H,6-9,16H2,1-2H3. The molecule has 2 rings (SSSR count). The van der Waals surface area contributed by atoms with Crippen LogP contribution in [0.4, 0.5) is 5.69 Å². The first-order valence-electron chi connectivity index (χ1n) is 6.76. The molecule has 0 aliphatic carbocycles. The average molecular weight is 276 g/mol. The molecule has 1 aromatic rings. The van der Waals surface area contributed by atoms with Gasteiger partial charge in [-0.05, 0) is 37.5 Å². The first kappa shape index (κ1) is 14.4. The van der Waals surface area contributed by atoms with E-state index in [2.05, 4.69) is 0 Å². The molecule has 5 heteroatoms. The van der Waals surface area contributed by atoms with Crippen LogP contribution in [0.15, 0.2) is 18.2 Å². The van der Waals surface area contributed by atoms with Crippen molar-refractivity contribution < 1.29 is 14.3 Å². The largest absolute Gasteiger partial charge is 0.469 e. The minimum atomic E-state index is -0.183. The number of likely N-dealkylation sites (tertiary alicyclic amines) is 1. The third kappa shape index (κ3) is 2.76. The molecular formula is C15H20N2O3. The van der Waals surface area contributed by atoms with Crippen LogP contribution in [0.3, 0.4) is 0 Å². The fraction of sp³-hybridized carbons (Fsp3) is 0.467. The van der Waals surface area contributed by atoms with Gasteiger partial charge in [-0.25, -0.2) is 0 Å². The van der Waals surface area contributed by atoms with Crippen LogP contribution >= 0.6 is 0 Å². The second-order valence-corrected chi connectivity index (χ2v) is 5.11. The number of piperidine rings is 1. The second-order valence-electron chi connectivity index (χ2n) is 5.11. The Labute approximate surface area is 118 Å². The number of hydrogen-bond donors (Lipinski definition) is 1. The Kier molecular flexibility index (Phi) is 4.27. The highest BCUT2D eigenvalue weighted by Crippen LogP contribution is 2.22. The molecule has 1 aliphatic heterocycles. The monoisotopic (exact) mass is 276 g/mol. The van der Waals surface area contributed by atoms with Crippen LogP contribution < -0.4 is 5.73 Å². The maximum absolute atomic E-state index is 12.5. The zero-order valence-electron chi connectivity index (χ0n) is 11.9. The number of rotatable bonds is 2. The minimum Gasteiger partial charge on any atom is -0.469 e. The Balaban J connectivity index is 2.05. The van der Waals surface area contributed by atoms with E-state index in [4.69, 9.17) is 10.5 Å². The highest BCUT2D eigenvalue weighted by molar-refractivity contribution is 5.97. The van der Waals surface area contributed by atoms with E-state index in [-0.39, 0.29) is 17.8 Å². The Morgan fingerprint density at radius 2 is 1.95 bits per heavy atom. The number of nitrogen functional groups attached to an aromatic ring is 1. The first-order chi connectivity index (χ1) is 9.54. The molecule has 2 N–H and O–H groups in total. The number of benzene rings is 1. The quantitative estimate of drug-likeness (QED) is 0.658. The van der Waals surface area contributed by atoms with E-state index < -0.39 is 0 Å². The van der Waals surface area contributed by atoms with Crippen molar-refractivity contribution in [1.29, 1.82) is 0 Å². The van der Waals surface area contributed by atoms with Crippen LogP contribution in [0.25, 0.3) is 0 Å². The molecule has 0 aromatic heterocycles. The SMILES string of the molecule is COC(=O)C1CCN(C(=O)c2cccc(N)c2C)CC1. The summed E-state index contributed by atoms with van der Waals surface area (Å²) < 4.78 is 4.75. The molecule has 0 unspecified atom stereocenters. The topological polar surface area (TPSA) is 72.6 Å². The molecule has 5 nitrogen and oxygen atoms in total. The van der Waals surface area contributed by atoms with Gasteiger partial charge in [-0.1, -0.05) is 6.07 Å². The zero-order chi connectivity index (χ0) is 14.7. The molecule has 1 aromatic carbocycles. The van der Waals surface area contributed by atoms with Crippen molar-refractivity contribution >= 4 is 17.6 Å². The normalized spacial score (nSPS) is 16.0. The van der Waals surface area contributed by atoms with Gasteiger partial charge in [0.05, 0.1) is 13.0 Å². The van der Waals surface area contributed by atoms with Gasteiger partial charge in [0.1, 0.15) is 0 Å². The van der Waals surface area contributed by atoms with Crippen LogP contribution in [-0.2, 0) is 9.53 Å². The first-order valence-corrected chi connectivity index (χ1v) is 6.76. The highest BCUT2D eigenvalue weighted by Gasteiger charge is 2.28. The third-order valence-electron chi connectivity index (χ3n) is 3.92. The van der Waals surface area contributed by atoms with Gasteiger partial charge in [0.2, 0.25) is 0 Å². The van der Waals surface area contributed by atoms with E-state index in [0.717, 1.165) is 5.56 Å². The summed E-state index contributed by atoms with van der Waals surface area (Å²) in [6.45, 7) is 3.00. The lowest BCUT2D eigenvalue weighted by Crippen LogP contribution is -2.40. The van der Waals surface area contributed by atoms with Crippen LogP contribution in [-0.4, -0.2) is 37.0 Å². The maximum atomic E-state index is 12.5. The highest BCUT2D eigenvalue weighted by atomic mass is 16.5. The van der Waals surface area contributed by atoms with Gasteiger partial charge in [0.25, 0.3) is 5.91 Å². The van der Waals surface area contributed by atoms with Crippen LogP contribution in [0, 0.1) is 12.8 Å². The minimum absolute atomic E-state index is 0.0156. The number of carbonyl (C=O) groups is 2. The Bertz CT molecular complexity index is 520. The van der Waals surface area contributed by atoms with Gasteiger partial charge in [0, 0.05) is 24.3 Å². The number of amides is 1. The molecule has 1 saturated heterocycles. The predicted octanol–water partition coefficient (Wildman–Crippen LogP) is 1.60. The van der Waals surface area contributed by atoms with Crippen molar-refractivity contribution in [3.63, 3.8) is 0 Å². The summed E-state index contributed by atoms with van der Waals surface area (Å²) in [6, 6.07) is 5.37. The number of nitrogens with zero attached hydrogens (tertiary/aromatic N) is 1. The second kappa shape index (κ2) is 5.94. The van der Waals surface area contributed by atoms with E-state index in [1.54, 1.807) is 23.1 Å². The molecular weight excluding hydrogens is 256 g/mol. The maximum Gasteiger partial charge on any atom is 0.308 e. The molecule has 0 saturated carbocycles. The molecule has 0 bridgehead atoms. The lowest BCUT2D eigenvalue weighted by atomic mass is 9.96. The molecule has 0 spiro atoms. The van der Waals surface area contributed by atoms with Crippen molar-refractivity contribution in [2.75, 3.05) is 25.9 Å². The molecule has 1 aliphatic rings. The molecule has 108 valence electrons. The fourth-order valence-corrected chi connectivity index (χ4v) is 2.54. The summed E-state index contributed by atoms with van der Waals surface area (Å²) in [5.41, 5.74) is 7.91. The summed E-state index contributed by atoms with van der Waals surface area (Å²) in [5.74, 6) is -0.290. The number of nitrogens with two attached hydrogens (primary N) is 1. The molecule has 0 atom stereocenters. The number of methoxy groups -OCH3 is 1. The molecule has 0 radical (unpaired) electrons. The van der Waals surface area contributed by atoms with E-state index >= 15 is 0 Å². The third-order valence-corrected chi connectivity index (χ3v) is 3.92. The molecule has 1 amide bonds. The van der Waals surface area contributed by atoms with Gasteiger partial charge < -0.3 is 15.4 Å².